The third-order valence-electron chi connectivity index (χ3n) is 2.03. The van der Waals surface area contributed by atoms with Crippen LogP contribution in [0.1, 0.15) is 5.82 Å². The second kappa shape index (κ2) is 3.49. The molecule has 0 amide bonds. The van der Waals surface area contributed by atoms with Gasteiger partial charge in [-0.15, -0.1) is 11.8 Å². The van der Waals surface area contributed by atoms with Gasteiger partial charge in [0.15, 0.2) is 0 Å². The van der Waals surface area contributed by atoms with E-state index in [9.17, 15) is 0 Å². The minimum Gasteiger partial charge on any atom is -0.468 e. The second-order valence-corrected chi connectivity index (χ2v) is 3.68. The Morgan fingerprint density at radius 3 is 2.93 bits per heavy atom. The van der Waals surface area contributed by atoms with E-state index in [1.165, 1.54) is 0 Å². The monoisotopic (exact) mass is 209 g/mol. The number of nitrogens with zero attached hydrogens (tertiary/aromatic N) is 3. The van der Waals surface area contributed by atoms with Gasteiger partial charge in [-0.2, -0.15) is 4.98 Å². The molecular weight excluding hydrogens is 198 g/mol. The summed E-state index contributed by atoms with van der Waals surface area (Å²) in [6, 6.07) is 2.58. The van der Waals surface area contributed by atoms with E-state index in [2.05, 4.69) is 9.97 Å². The van der Waals surface area contributed by atoms with Gasteiger partial charge in [-0.1, -0.05) is 0 Å². The summed E-state index contributed by atoms with van der Waals surface area (Å²) >= 11 is 1.59. The van der Waals surface area contributed by atoms with Crippen LogP contribution in [0.3, 0.4) is 0 Å². The average molecular weight is 209 g/mol. The molecule has 0 aliphatic heterocycles. The average Bonchev–Trinajstić information content (AvgIpc) is 2.59. The minimum absolute atomic E-state index is 0.585. The molecule has 0 unspecified atom stereocenters. The topological polar surface area (TPSA) is 39.4 Å². The van der Waals surface area contributed by atoms with Gasteiger partial charge < -0.3 is 4.74 Å². The summed E-state index contributed by atoms with van der Waals surface area (Å²) in [6.07, 6.45) is 3.81. The fourth-order valence-electron chi connectivity index (χ4n) is 1.36. The Kier molecular flexibility index (Phi) is 2.33. The molecule has 74 valence electrons. The summed E-state index contributed by atoms with van der Waals surface area (Å²) in [6.45, 7) is 1.93. The minimum atomic E-state index is 0.585. The number of imidazole rings is 1. The molecule has 0 fully saturated rings. The maximum atomic E-state index is 5.21. The Hall–Kier alpha value is -1.23. The quantitative estimate of drug-likeness (QED) is 0.558. The summed E-state index contributed by atoms with van der Waals surface area (Å²) in [5, 5.41) is 0.939. The molecule has 2 aromatic rings. The van der Waals surface area contributed by atoms with Gasteiger partial charge in [-0.25, -0.2) is 4.98 Å². The van der Waals surface area contributed by atoms with Crippen LogP contribution in [0.5, 0.6) is 6.01 Å². The summed E-state index contributed by atoms with van der Waals surface area (Å²) in [5.41, 5.74) is 1.01. The zero-order valence-electron chi connectivity index (χ0n) is 8.31. The van der Waals surface area contributed by atoms with Crippen molar-refractivity contribution < 1.29 is 4.74 Å². The van der Waals surface area contributed by atoms with Crippen molar-refractivity contribution in [2.24, 2.45) is 0 Å². The van der Waals surface area contributed by atoms with Gasteiger partial charge in [0.25, 0.3) is 0 Å². The van der Waals surface area contributed by atoms with E-state index in [0.29, 0.717) is 6.01 Å². The molecule has 0 atom stereocenters. The smallest absolute Gasteiger partial charge is 0.303 e. The summed E-state index contributed by atoms with van der Waals surface area (Å²) in [7, 11) is 1.62. The predicted octanol–water partition coefficient (Wildman–Crippen LogP) is 1.77. The first-order chi connectivity index (χ1) is 6.76. The third-order valence-corrected chi connectivity index (χ3v) is 2.65. The van der Waals surface area contributed by atoms with Crippen molar-refractivity contribution in [3.8, 4) is 6.01 Å². The maximum Gasteiger partial charge on any atom is 0.303 e. The number of aryl methyl sites for hydroxylation is 1. The molecule has 0 saturated carbocycles. The van der Waals surface area contributed by atoms with E-state index >= 15 is 0 Å². The number of hydrogen-bond donors (Lipinski definition) is 0. The van der Waals surface area contributed by atoms with E-state index in [4.69, 9.17) is 4.74 Å². The Balaban J connectivity index is 2.76. The molecule has 0 bridgehead atoms. The number of ether oxygens (including phenoxy) is 1. The van der Waals surface area contributed by atoms with Gasteiger partial charge in [-0.05, 0) is 19.2 Å². The van der Waals surface area contributed by atoms with Crippen LogP contribution < -0.4 is 4.74 Å². The normalized spacial score (nSPS) is 10.8. The molecule has 0 spiro atoms. The predicted molar refractivity (Wildman–Crippen MR) is 56.1 cm³/mol. The number of aromatic nitrogens is 3. The maximum absolute atomic E-state index is 5.21. The second-order valence-electron chi connectivity index (χ2n) is 2.85. The van der Waals surface area contributed by atoms with Crippen LogP contribution in [0.25, 0.3) is 5.52 Å². The Bertz CT molecular complexity index is 466. The van der Waals surface area contributed by atoms with Crippen molar-refractivity contribution in [1.29, 1.82) is 0 Å². The Morgan fingerprint density at radius 2 is 2.29 bits per heavy atom. The highest BCUT2D eigenvalue weighted by molar-refractivity contribution is 7.98. The molecule has 2 heterocycles. The lowest BCUT2D eigenvalue weighted by atomic mass is 10.5. The number of thioether (sulfide) groups is 1. The molecule has 2 aromatic heterocycles. The number of rotatable bonds is 2. The van der Waals surface area contributed by atoms with Crippen LogP contribution in [0.2, 0.25) is 0 Å². The molecule has 0 aliphatic rings. The molecule has 0 aromatic carbocycles. The molecule has 0 saturated heterocycles. The van der Waals surface area contributed by atoms with Crippen LogP contribution in [0.4, 0.5) is 0 Å². The molecule has 0 N–H and O–H groups in total. The molecular formula is C9H11N3OS. The zero-order chi connectivity index (χ0) is 10.1. The van der Waals surface area contributed by atoms with E-state index in [-0.39, 0.29) is 0 Å². The van der Waals surface area contributed by atoms with Gasteiger partial charge in [0, 0.05) is 0 Å². The van der Waals surface area contributed by atoms with E-state index in [1.54, 1.807) is 18.9 Å². The van der Waals surface area contributed by atoms with Gasteiger partial charge in [0.2, 0.25) is 0 Å². The van der Waals surface area contributed by atoms with E-state index in [1.807, 2.05) is 29.8 Å². The van der Waals surface area contributed by atoms with Crippen LogP contribution in [0.15, 0.2) is 17.3 Å². The van der Waals surface area contributed by atoms with Crippen molar-refractivity contribution in [3.05, 3.63) is 18.1 Å². The van der Waals surface area contributed by atoms with Gasteiger partial charge in [-0.3, -0.25) is 4.40 Å². The molecule has 0 radical (unpaired) electrons. The lowest BCUT2D eigenvalue weighted by Crippen LogP contribution is -1.99. The highest BCUT2D eigenvalue weighted by atomic mass is 32.2. The third kappa shape index (κ3) is 1.33. The number of fused-ring (bicyclic) bond motifs is 1. The van der Waals surface area contributed by atoms with Crippen molar-refractivity contribution in [1.82, 2.24) is 14.4 Å². The first-order valence-corrected chi connectivity index (χ1v) is 5.42. The molecule has 5 heteroatoms. The van der Waals surface area contributed by atoms with E-state index < -0.39 is 0 Å². The lowest BCUT2D eigenvalue weighted by Gasteiger charge is -2.05. The van der Waals surface area contributed by atoms with Gasteiger partial charge >= 0.3 is 6.01 Å². The first kappa shape index (κ1) is 9.33. The van der Waals surface area contributed by atoms with Crippen LogP contribution in [-0.4, -0.2) is 27.7 Å². The summed E-state index contributed by atoms with van der Waals surface area (Å²) in [5.74, 6) is 0.886. The van der Waals surface area contributed by atoms with Crippen molar-refractivity contribution in [3.63, 3.8) is 0 Å². The highest BCUT2D eigenvalue weighted by Gasteiger charge is 2.08. The first-order valence-electron chi connectivity index (χ1n) is 4.19. The molecule has 2 rings (SSSR count). The Labute approximate surface area is 86.3 Å². The van der Waals surface area contributed by atoms with E-state index in [0.717, 1.165) is 16.4 Å². The van der Waals surface area contributed by atoms with Crippen LogP contribution in [-0.2, 0) is 0 Å². The van der Waals surface area contributed by atoms with Gasteiger partial charge in [0.05, 0.1) is 18.8 Å². The zero-order valence-corrected chi connectivity index (χ0v) is 9.13. The summed E-state index contributed by atoms with van der Waals surface area (Å²) < 4.78 is 7.10. The van der Waals surface area contributed by atoms with Crippen molar-refractivity contribution in [2.75, 3.05) is 13.4 Å². The molecule has 4 nitrogen and oxygen atoms in total. The summed E-state index contributed by atoms with van der Waals surface area (Å²) in [4.78, 5) is 8.55. The molecule has 0 aliphatic carbocycles. The Morgan fingerprint density at radius 1 is 1.50 bits per heavy atom. The number of methoxy groups -OCH3 is 1. The van der Waals surface area contributed by atoms with Crippen LogP contribution >= 0.6 is 11.8 Å². The molecule has 14 heavy (non-hydrogen) atoms. The largest absolute Gasteiger partial charge is 0.468 e. The van der Waals surface area contributed by atoms with Gasteiger partial charge in [0.1, 0.15) is 10.9 Å². The highest BCUT2D eigenvalue weighted by Crippen LogP contribution is 2.21. The fraction of sp³-hybridized carbons (Fsp3) is 0.333. The van der Waals surface area contributed by atoms with Crippen LogP contribution in [0, 0.1) is 6.92 Å². The van der Waals surface area contributed by atoms with Crippen molar-refractivity contribution in [2.45, 2.75) is 11.9 Å². The standard InChI is InChI=1S/C9H11N3OS/c1-6-10-5-7-4-8(14-3)11-9(13-2)12(6)7/h4-5H,1-3H3. The lowest BCUT2D eigenvalue weighted by molar-refractivity contribution is 0.369. The van der Waals surface area contributed by atoms with Crippen molar-refractivity contribution >= 4 is 17.3 Å². The fourth-order valence-corrected chi connectivity index (χ4v) is 1.77. The number of hydrogen-bond acceptors (Lipinski definition) is 4. The SMILES string of the molecule is COc1nc(SC)cc2cnc(C)n12.